The molecule has 0 amide bonds. The van der Waals surface area contributed by atoms with Crippen molar-refractivity contribution in [3.8, 4) is 17.2 Å². The third-order valence-corrected chi connectivity index (χ3v) is 4.94. The van der Waals surface area contributed by atoms with Gasteiger partial charge in [0.2, 0.25) is 5.89 Å². The molecule has 0 aliphatic rings. The van der Waals surface area contributed by atoms with Crippen LogP contribution in [0.25, 0.3) is 22.4 Å². The van der Waals surface area contributed by atoms with Gasteiger partial charge in [0, 0.05) is 30.0 Å². The number of para-hydroxylation sites is 1. The lowest BCUT2D eigenvalue weighted by molar-refractivity contribution is -0.136. The Labute approximate surface area is 174 Å². The predicted octanol–water partition coefficient (Wildman–Crippen LogP) is 4.84. The molecule has 2 aromatic carbocycles. The minimum absolute atomic E-state index is 0.0827. The van der Waals surface area contributed by atoms with Crippen molar-refractivity contribution in [2.75, 3.05) is 6.61 Å². The first-order valence-electron chi connectivity index (χ1n) is 9.85. The van der Waals surface area contributed by atoms with Gasteiger partial charge in [0.25, 0.3) is 0 Å². The SMILES string of the molecule is Cc1oc(-c2ccccc2)nc1CCOc1cccc2c(CCC(=O)O)ccnc12. The van der Waals surface area contributed by atoms with Crippen LogP contribution in [0, 0.1) is 6.92 Å². The summed E-state index contributed by atoms with van der Waals surface area (Å²) in [7, 11) is 0. The number of pyridine rings is 1. The summed E-state index contributed by atoms with van der Waals surface area (Å²) in [6.45, 7) is 2.34. The van der Waals surface area contributed by atoms with Crippen LogP contribution >= 0.6 is 0 Å². The fraction of sp³-hybridized carbons (Fsp3) is 0.208. The molecule has 0 fully saturated rings. The Morgan fingerprint density at radius 3 is 2.70 bits per heavy atom. The molecule has 0 aliphatic heterocycles. The van der Waals surface area contributed by atoms with Crippen molar-refractivity contribution < 1.29 is 19.1 Å². The summed E-state index contributed by atoms with van der Waals surface area (Å²) in [6.07, 6.45) is 2.84. The van der Waals surface area contributed by atoms with Gasteiger partial charge in [0.15, 0.2) is 0 Å². The minimum Gasteiger partial charge on any atom is -0.491 e. The van der Waals surface area contributed by atoms with E-state index in [0.29, 0.717) is 31.1 Å². The van der Waals surface area contributed by atoms with E-state index < -0.39 is 5.97 Å². The number of aromatic nitrogens is 2. The Morgan fingerprint density at radius 1 is 1.07 bits per heavy atom. The number of benzene rings is 2. The molecular formula is C24H22N2O4. The van der Waals surface area contributed by atoms with Crippen molar-refractivity contribution in [3.63, 3.8) is 0 Å². The smallest absolute Gasteiger partial charge is 0.303 e. The molecule has 2 heterocycles. The normalized spacial score (nSPS) is 11.0. The van der Waals surface area contributed by atoms with Crippen LogP contribution in [0.15, 0.2) is 65.2 Å². The van der Waals surface area contributed by atoms with Gasteiger partial charge in [0.1, 0.15) is 17.0 Å². The van der Waals surface area contributed by atoms with E-state index in [-0.39, 0.29) is 6.42 Å². The molecule has 0 saturated heterocycles. The zero-order chi connectivity index (χ0) is 20.9. The maximum absolute atomic E-state index is 10.9. The Balaban J connectivity index is 1.47. The lowest BCUT2D eigenvalue weighted by atomic mass is 10.0. The van der Waals surface area contributed by atoms with E-state index in [9.17, 15) is 4.79 Å². The maximum atomic E-state index is 10.9. The van der Waals surface area contributed by atoms with E-state index in [2.05, 4.69) is 9.97 Å². The molecule has 1 N–H and O–H groups in total. The molecular weight excluding hydrogens is 380 g/mol. The van der Waals surface area contributed by atoms with Gasteiger partial charge in [-0.25, -0.2) is 4.98 Å². The summed E-state index contributed by atoms with van der Waals surface area (Å²) in [4.78, 5) is 20.0. The van der Waals surface area contributed by atoms with Gasteiger partial charge in [-0.2, -0.15) is 0 Å². The fourth-order valence-electron chi connectivity index (χ4n) is 3.40. The van der Waals surface area contributed by atoms with Crippen molar-refractivity contribution in [3.05, 3.63) is 77.8 Å². The van der Waals surface area contributed by atoms with Crippen LogP contribution in [0.2, 0.25) is 0 Å². The second-order valence-electron chi connectivity index (χ2n) is 7.00. The van der Waals surface area contributed by atoms with Gasteiger partial charge in [-0.15, -0.1) is 0 Å². The average Bonchev–Trinajstić information content (AvgIpc) is 3.13. The highest BCUT2D eigenvalue weighted by molar-refractivity contribution is 5.87. The topological polar surface area (TPSA) is 85.5 Å². The molecule has 6 heteroatoms. The first kappa shape index (κ1) is 19.6. The van der Waals surface area contributed by atoms with Crippen LogP contribution in [-0.4, -0.2) is 27.7 Å². The number of fused-ring (bicyclic) bond motifs is 1. The molecule has 152 valence electrons. The van der Waals surface area contributed by atoms with Crippen LogP contribution in [0.5, 0.6) is 5.75 Å². The molecule has 4 rings (SSSR count). The van der Waals surface area contributed by atoms with Gasteiger partial charge < -0.3 is 14.3 Å². The average molecular weight is 402 g/mol. The van der Waals surface area contributed by atoms with Gasteiger partial charge in [-0.05, 0) is 43.2 Å². The van der Waals surface area contributed by atoms with Crippen molar-refractivity contribution in [2.24, 2.45) is 0 Å². The largest absolute Gasteiger partial charge is 0.491 e. The van der Waals surface area contributed by atoms with Crippen molar-refractivity contribution >= 4 is 16.9 Å². The fourth-order valence-corrected chi connectivity index (χ4v) is 3.40. The number of hydrogen-bond acceptors (Lipinski definition) is 5. The molecule has 0 atom stereocenters. The summed E-state index contributed by atoms with van der Waals surface area (Å²) < 4.78 is 11.8. The van der Waals surface area contributed by atoms with Crippen molar-refractivity contribution in [1.82, 2.24) is 9.97 Å². The number of carbonyl (C=O) groups is 1. The van der Waals surface area contributed by atoms with E-state index >= 15 is 0 Å². The predicted molar refractivity (Wildman–Crippen MR) is 114 cm³/mol. The summed E-state index contributed by atoms with van der Waals surface area (Å²) in [5, 5.41) is 9.89. The summed E-state index contributed by atoms with van der Waals surface area (Å²) in [6, 6.07) is 17.4. The first-order valence-corrected chi connectivity index (χ1v) is 9.85. The van der Waals surface area contributed by atoms with Gasteiger partial charge in [0.05, 0.1) is 12.3 Å². The number of carboxylic acid groups (broad SMARTS) is 1. The Bertz CT molecular complexity index is 1170. The number of nitrogens with zero attached hydrogens (tertiary/aromatic N) is 2. The third-order valence-electron chi connectivity index (χ3n) is 4.94. The maximum Gasteiger partial charge on any atom is 0.303 e. The molecule has 2 aromatic heterocycles. The zero-order valence-electron chi connectivity index (χ0n) is 16.7. The molecule has 30 heavy (non-hydrogen) atoms. The molecule has 0 saturated carbocycles. The minimum atomic E-state index is -0.815. The molecule has 0 bridgehead atoms. The number of aryl methyl sites for hydroxylation is 2. The standard InChI is InChI=1S/C24H22N2O4/c1-16-20(26-24(30-16)18-6-3-2-4-7-18)13-15-29-21-9-5-8-19-17(10-11-22(27)28)12-14-25-23(19)21/h2-9,12,14H,10-11,13,15H2,1H3,(H,27,28). The Kier molecular flexibility index (Phi) is 5.75. The number of aliphatic carboxylic acids is 1. The second-order valence-corrected chi connectivity index (χ2v) is 7.00. The van der Waals surface area contributed by atoms with Crippen LogP contribution < -0.4 is 4.74 Å². The van der Waals surface area contributed by atoms with E-state index in [4.69, 9.17) is 14.3 Å². The molecule has 6 nitrogen and oxygen atoms in total. The molecule has 0 spiro atoms. The summed E-state index contributed by atoms with van der Waals surface area (Å²) in [5.74, 6) is 1.25. The van der Waals surface area contributed by atoms with Crippen molar-refractivity contribution in [2.45, 2.75) is 26.2 Å². The van der Waals surface area contributed by atoms with E-state index in [0.717, 1.165) is 33.5 Å². The summed E-state index contributed by atoms with van der Waals surface area (Å²) in [5.41, 5.74) is 3.50. The number of carboxylic acids is 1. The Hall–Kier alpha value is -3.67. The first-order chi connectivity index (χ1) is 14.6. The monoisotopic (exact) mass is 402 g/mol. The number of oxazole rings is 1. The van der Waals surface area contributed by atoms with Gasteiger partial charge >= 0.3 is 5.97 Å². The molecule has 0 aliphatic carbocycles. The number of hydrogen-bond donors (Lipinski definition) is 1. The molecule has 0 radical (unpaired) electrons. The molecule has 0 unspecified atom stereocenters. The van der Waals surface area contributed by atoms with Gasteiger partial charge in [-0.1, -0.05) is 30.3 Å². The van der Waals surface area contributed by atoms with Gasteiger partial charge in [-0.3, -0.25) is 9.78 Å². The lowest BCUT2D eigenvalue weighted by Crippen LogP contribution is -2.04. The van der Waals surface area contributed by atoms with E-state index in [1.165, 1.54) is 0 Å². The highest BCUT2D eigenvalue weighted by Gasteiger charge is 2.13. The van der Waals surface area contributed by atoms with Crippen molar-refractivity contribution in [1.29, 1.82) is 0 Å². The van der Waals surface area contributed by atoms with Crippen LogP contribution in [-0.2, 0) is 17.6 Å². The van der Waals surface area contributed by atoms with E-state index in [1.807, 2.05) is 61.5 Å². The highest BCUT2D eigenvalue weighted by atomic mass is 16.5. The van der Waals surface area contributed by atoms with Crippen LogP contribution in [0.1, 0.15) is 23.4 Å². The van der Waals surface area contributed by atoms with Crippen LogP contribution in [0.3, 0.4) is 0 Å². The highest BCUT2D eigenvalue weighted by Crippen LogP contribution is 2.27. The lowest BCUT2D eigenvalue weighted by Gasteiger charge is -2.10. The molecule has 4 aromatic rings. The second kappa shape index (κ2) is 8.78. The number of rotatable bonds is 8. The zero-order valence-corrected chi connectivity index (χ0v) is 16.7. The number of ether oxygens (including phenoxy) is 1. The summed E-state index contributed by atoms with van der Waals surface area (Å²) >= 11 is 0. The third kappa shape index (κ3) is 4.33. The Morgan fingerprint density at radius 2 is 1.90 bits per heavy atom. The van der Waals surface area contributed by atoms with Crippen LogP contribution in [0.4, 0.5) is 0 Å². The quantitative estimate of drug-likeness (QED) is 0.454. The van der Waals surface area contributed by atoms with E-state index in [1.54, 1.807) is 6.20 Å².